The Bertz CT molecular complexity index is 285. The number of carboxylic acids is 1. The zero-order valence-corrected chi connectivity index (χ0v) is 13.7. The number of nitrogens with two attached hydrogens (primary N) is 1. The van der Waals surface area contributed by atoms with Crippen LogP contribution < -0.4 is 5.73 Å². The quantitative estimate of drug-likeness (QED) is 0.328. The van der Waals surface area contributed by atoms with Gasteiger partial charge in [-0.25, -0.2) is 0 Å². The number of likely N-dealkylation sites (tertiary alicyclic amines) is 1. The molecule has 1 fully saturated rings. The van der Waals surface area contributed by atoms with Crippen LogP contribution in [-0.2, 0) is 4.79 Å². The molecule has 0 amide bonds. The van der Waals surface area contributed by atoms with E-state index in [2.05, 4.69) is 4.90 Å². The van der Waals surface area contributed by atoms with Gasteiger partial charge in [0.25, 0.3) is 0 Å². The second-order valence-corrected chi connectivity index (χ2v) is 5.13. The van der Waals surface area contributed by atoms with E-state index in [9.17, 15) is 9.90 Å². The van der Waals surface area contributed by atoms with E-state index in [4.69, 9.17) is 15.8 Å². The normalized spacial score (nSPS) is 16.3. The van der Waals surface area contributed by atoms with Crippen molar-refractivity contribution < 1.29 is 25.4 Å². The van der Waals surface area contributed by atoms with Crippen LogP contribution in [0.1, 0.15) is 32.1 Å². The first-order valence-corrected chi connectivity index (χ1v) is 6.55. The van der Waals surface area contributed by atoms with Crippen molar-refractivity contribution >= 4 is 37.9 Å². The molecule has 7 nitrogen and oxygen atoms in total. The Morgan fingerprint density at radius 1 is 1.19 bits per heavy atom. The van der Waals surface area contributed by atoms with E-state index >= 15 is 0 Å². The number of hydrogen-bond donors (Lipinski definition) is 4. The highest BCUT2D eigenvalue weighted by Gasteiger charge is 2.34. The summed E-state index contributed by atoms with van der Waals surface area (Å²) in [6, 6.07) is 0. The van der Waals surface area contributed by atoms with Crippen molar-refractivity contribution in [3.8, 4) is 0 Å². The average molecular weight is 349 g/mol. The third-order valence-corrected chi connectivity index (χ3v) is 3.58. The molecule has 10 heteroatoms. The zero-order valence-electron chi connectivity index (χ0n) is 12.0. The van der Waals surface area contributed by atoms with Gasteiger partial charge in [0, 0.05) is 6.54 Å². The summed E-state index contributed by atoms with van der Waals surface area (Å²) in [5.41, 5.74) is 4.75. The molecule has 0 radical (unpaired) electrons. The van der Waals surface area contributed by atoms with Gasteiger partial charge in [0.15, 0.2) is 0 Å². The van der Waals surface area contributed by atoms with E-state index in [1.165, 1.54) is 6.42 Å². The Morgan fingerprint density at radius 3 is 2.14 bits per heavy atom. The molecule has 0 saturated carbocycles. The van der Waals surface area contributed by atoms with Gasteiger partial charge in [-0.1, -0.05) is 12.8 Å². The van der Waals surface area contributed by atoms with Crippen LogP contribution >= 0.6 is 24.8 Å². The number of carboxylic acid groups (broad SMARTS) is 1. The lowest BCUT2D eigenvalue weighted by atomic mass is 9.81. The van der Waals surface area contributed by atoms with Gasteiger partial charge in [-0.05, 0) is 38.7 Å². The van der Waals surface area contributed by atoms with Crippen molar-refractivity contribution in [3.63, 3.8) is 0 Å². The standard InChI is InChI=1S/C11H23BN2O4.2ClH.H2O/c13-11(10(15)16,4-1-2-6-12(17)18)5-9-14-7-3-8-14;;;/h17-18H,1-9,13H2,(H,15,16);2*1H;1H2. The maximum atomic E-state index is 11.2. The van der Waals surface area contributed by atoms with Crippen LogP contribution in [-0.4, -0.2) is 63.8 Å². The van der Waals surface area contributed by atoms with E-state index in [1.54, 1.807) is 0 Å². The van der Waals surface area contributed by atoms with Gasteiger partial charge in [0.2, 0.25) is 0 Å². The molecular weight excluding hydrogens is 322 g/mol. The first-order valence-electron chi connectivity index (χ1n) is 6.55. The van der Waals surface area contributed by atoms with Gasteiger partial charge in [-0.15, -0.1) is 24.8 Å². The van der Waals surface area contributed by atoms with E-state index in [-0.39, 0.29) is 36.6 Å². The molecule has 1 saturated heterocycles. The van der Waals surface area contributed by atoms with Gasteiger partial charge in [0.05, 0.1) is 0 Å². The molecule has 0 bridgehead atoms. The Labute approximate surface area is 138 Å². The molecule has 0 spiro atoms. The number of aliphatic carboxylic acids is 1. The molecule has 1 aliphatic rings. The van der Waals surface area contributed by atoms with Crippen LogP contribution in [0.5, 0.6) is 0 Å². The Kier molecular flexibility index (Phi) is 15.3. The summed E-state index contributed by atoms with van der Waals surface area (Å²) in [6.45, 7) is 2.80. The fraction of sp³-hybridized carbons (Fsp3) is 0.909. The summed E-state index contributed by atoms with van der Waals surface area (Å²) < 4.78 is 0. The van der Waals surface area contributed by atoms with Gasteiger partial charge in [0.1, 0.15) is 5.54 Å². The smallest absolute Gasteiger partial charge is 0.451 e. The average Bonchev–Trinajstić information content (AvgIpc) is 2.21. The molecule has 0 aromatic carbocycles. The summed E-state index contributed by atoms with van der Waals surface area (Å²) in [6.07, 6.45) is 3.45. The molecule has 21 heavy (non-hydrogen) atoms. The van der Waals surface area contributed by atoms with Gasteiger partial charge < -0.3 is 31.3 Å². The van der Waals surface area contributed by atoms with Crippen molar-refractivity contribution in [1.82, 2.24) is 4.90 Å². The lowest BCUT2D eigenvalue weighted by Gasteiger charge is -2.34. The van der Waals surface area contributed by atoms with E-state index in [1.807, 2.05) is 0 Å². The van der Waals surface area contributed by atoms with E-state index in [0.717, 1.165) is 19.6 Å². The molecule has 1 aliphatic heterocycles. The van der Waals surface area contributed by atoms with Crippen molar-refractivity contribution in [2.24, 2.45) is 5.73 Å². The van der Waals surface area contributed by atoms with Crippen LogP contribution in [0.2, 0.25) is 6.32 Å². The van der Waals surface area contributed by atoms with E-state index in [0.29, 0.717) is 25.7 Å². The predicted molar refractivity (Wildman–Crippen MR) is 87.2 cm³/mol. The number of unbranched alkanes of at least 4 members (excludes halogenated alkanes) is 1. The summed E-state index contributed by atoms with van der Waals surface area (Å²) in [5, 5.41) is 26.6. The first-order chi connectivity index (χ1) is 8.44. The van der Waals surface area contributed by atoms with E-state index < -0.39 is 18.6 Å². The molecule has 1 unspecified atom stereocenters. The molecule has 1 rings (SSSR count). The van der Waals surface area contributed by atoms with Crippen LogP contribution in [0.4, 0.5) is 0 Å². The maximum Gasteiger partial charge on any atom is 0.451 e. The summed E-state index contributed by atoms with van der Waals surface area (Å²) in [4.78, 5) is 13.4. The Hall–Kier alpha value is -0.0851. The summed E-state index contributed by atoms with van der Waals surface area (Å²) in [5.74, 6) is -0.965. The molecular formula is C11H27BCl2N2O5. The number of nitrogens with zero attached hydrogens (tertiary/aromatic N) is 1. The van der Waals surface area contributed by atoms with Crippen LogP contribution in [0.15, 0.2) is 0 Å². The number of hydrogen-bond acceptors (Lipinski definition) is 5. The van der Waals surface area contributed by atoms with Crippen molar-refractivity contribution in [3.05, 3.63) is 0 Å². The number of halogens is 2. The van der Waals surface area contributed by atoms with Gasteiger partial charge in [-0.2, -0.15) is 0 Å². The van der Waals surface area contributed by atoms with Crippen molar-refractivity contribution in [2.75, 3.05) is 19.6 Å². The monoisotopic (exact) mass is 348 g/mol. The lowest BCUT2D eigenvalue weighted by molar-refractivity contribution is -0.144. The predicted octanol–water partition coefficient (Wildman–Crippen LogP) is -0.474. The summed E-state index contributed by atoms with van der Waals surface area (Å²) in [7, 11) is -1.32. The minimum atomic E-state index is -1.32. The molecule has 7 N–H and O–H groups in total. The van der Waals surface area contributed by atoms with Crippen molar-refractivity contribution in [1.29, 1.82) is 0 Å². The number of rotatable bonds is 9. The fourth-order valence-corrected chi connectivity index (χ4v) is 2.07. The summed E-state index contributed by atoms with van der Waals surface area (Å²) >= 11 is 0. The largest absolute Gasteiger partial charge is 0.480 e. The maximum absolute atomic E-state index is 11.2. The topological polar surface area (TPSA) is 139 Å². The molecule has 128 valence electrons. The molecule has 0 aromatic heterocycles. The van der Waals surface area contributed by atoms with Crippen LogP contribution in [0, 0.1) is 0 Å². The Morgan fingerprint density at radius 2 is 1.76 bits per heavy atom. The number of carbonyl (C=O) groups is 1. The second kappa shape index (κ2) is 12.5. The highest BCUT2D eigenvalue weighted by molar-refractivity contribution is 6.40. The third kappa shape index (κ3) is 9.52. The van der Waals surface area contributed by atoms with Crippen molar-refractivity contribution in [2.45, 2.75) is 44.0 Å². The zero-order chi connectivity index (χ0) is 13.6. The minimum absolute atomic E-state index is 0. The molecule has 1 atom stereocenters. The third-order valence-electron chi connectivity index (χ3n) is 3.58. The molecule has 0 aromatic rings. The fourth-order valence-electron chi connectivity index (χ4n) is 2.07. The second-order valence-electron chi connectivity index (χ2n) is 5.13. The molecule has 0 aliphatic carbocycles. The lowest BCUT2D eigenvalue weighted by Crippen LogP contribution is -2.51. The highest BCUT2D eigenvalue weighted by Crippen LogP contribution is 2.19. The van der Waals surface area contributed by atoms with Gasteiger partial charge in [-0.3, -0.25) is 4.79 Å². The Balaban J connectivity index is -0.00000108. The SMILES string of the molecule is Cl.Cl.NC(CCCCB(O)O)(CCN1CCC1)C(=O)O.O. The van der Waals surface area contributed by atoms with Gasteiger partial charge >= 0.3 is 13.1 Å². The van der Waals surface area contributed by atoms with Crippen LogP contribution in [0.3, 0.4) is 0 Å². The molecule has 1 heterocycles. The first kappa shape index (κ1) is 25.8. The highest BCUT2D eigenvalue weighted by atomic mass is 35.5. The minimum Gasteiger partial charge on any atom is -0.480 e. The van der Waals surface area contributed by atoms with Crippen LogP contribution in [0.25, 0.3) is 0 Å².